The van der Waals surface area contributed by atoms with Crippen LogP contribution in [0, 0.1) is 0 Å². The highest BCUT2D eigenvalue weighted by Crippen LogP contribution is 2.24. The summed E-state index contributed by atoms with van der Waals surface area (Å²) in [6.45, 7) is 0.957. The Balaban J connectivity index is 1.83. The highest BCUT2D eigenvalue weighted by molar-refractivity contribution is 5.96. The van der Waals surface area contributed by atoms with E-state index in [9.17, 15) is 19.2 Å². The SMILES string of the molecule is CCOC(=O)CN(C(=O)CNC(=O)c1ccco1)C(C(=O)NC1CCCCC1)c1ccccc1. The Morgan fingerprint density at radius 3 is 2.44 bits per heavy atom. The molecular weight excluding hydrogens is 438 g/mol. The zero-order chi connectivity index (χ0) is 24.3. The number of nitrogens with one attached hydrogen (secondary N) is 2. The molecule has 1 aliphatic rings. The van der Waals surface area contributed by atoms with Crippen molar-refractivity contribution in [2.24, 2.45) is 0 Å². The predicted octanol–water partition coefficient (Wildman–Crippen LogP) is 2.59. The third-order valence-electron chi connectivity index (χ3n) is 5.70. The van der Waals surface area contributed by atoms with Crippen molar-refractivity contribution in [1.82, 2.24) is 15.5 Å². The zero-order valence-corrected chi connectivity index (χ0v) is 19.3. The molecule has 0 spiro atoms. The molecule has 1 aromatic carbocycles. The Morgan fingerprint density at radius 1 is 1.06 bits per heavy atom. The summed E-state index contributed by atoms with van der Waals surface area (Å²) in [6.07, 6.45) is 6.30. The van der Waals surface area contributed by atoms with E-state index in [-0.39, 0.29) is 24.3 Å². The van der Waals surface area contributed by atoms with Crippen molar-refractivity contribution in [2.45, 2.75) is 51.1 Å². The van der Waals surface area contributed by atoms with Crippen LogP contribution in [0.3, 0.4) is 0 Å². The number of furan rings is 1. The molecule has 1 atom stereocenters. The van der Waals surface area contributed by atoms with E-state index in [0.717, 1.165) is 37.0 Å². The van der Waals surface area contributed by atoms with Gasteiger partial charge in [-0.25, -0.2) is 0 Å². The molecule has 0 aliphatic heterocycles. The summed E-state index contributed by atoms with van der Waals surface area (Å²) >= 11 is 0. The normalized spacial score (nSPS) is 14.6. The third kappa shape index (κ3) is 6.94. The standard InChI is InChI=1S/C25H31N3O6/c1-2-33-22(30)17-28(21(29)16-26-24(31)20-14-9-15-34-20)23(18-10-5-3-6-11-18)25(32)27-19-12-7-4-8-13-19/h3,5-6,9-11,14-15,19,23H,2,4,7-8,12-13,16-17H2,1H3,(H,26,31)(H,27,32). The summed E-state index contributed by atoms with van der Waals surface area (Å²) in [6, 6.07) is 10.8. The van der Waals surface area contributed by atoms with Crippen molar-refractivity contribution in [2.75, 3.05) is 19.7 Å². The minimum atomic E-state index is -1.06. The monoisotopic (exact) mass is 469 g/mol. The number of ether oxygens (including phenoxy) is 1. The largest absolute Gasteiger partial charge is 0.465 e. The van der Waals surface area contributed by atoms with Gasteiger partial charge in [-0.2, -0.15) is 0 Å². The van der Waals surface area contributed by atoms with E-state index in [4.69, 9.17) is 9.15 Å². The second kappa shape index (κ2) is 12.6. The Bertz CT molecular complexity index is 954. The molecule has 1 fully saturated rings. The molecule has 1 saturated carbocycles. The maximum atomic E-state index is 13.5. The Morgan fingerprint density at radius 2 is 1.79 bits per heavy atom. The van der Waals surface area contributed by atoms with Gasteiger partial charge in [0.1, 0.15) is 12.6 Å². The number of amides is 3. The zero-order valence-electron chi connectivity index (χ0n) is 19.3. The molecule has 3 rings (SSSR count). The maximum Gasteiger partial charge on any atom is 0.325 e. The average molecular weight is 470 g/mol. The van der Waals surface area contributed by atoms with Crippen LogP contribution in [0.1, 0.15) is 61.2 Å². The lowest BCUT2D eigenvalue weighted by Gasteiger charge is -2.32. The van der Waals surface area contributed by atoms with Gasteiger partial charge in [-0.1, -0.05) is 49.6 Å². The lowest BCUT2D eigenvalue weighted by Crippen LogP contribution is -2.51. The number of hydrogen-bond donors (Lipinski definition) is 2. The summed E-state index contributed by atoms with van der Waals surface area (Å²) in [7, 11) is 0. The van der Waals surface area contributed by atoms with Crippen LogP contribution in [0.5, 0.6) is 0 Å². The van der Waals surface area contributed by atoms with Crippen molar-refractivity contribution in [1.29, 1.82) is 0 Å². The molecule has 34 heavy (non-hydrogen) atoms. The average Bonchev–Trinajstić information content (AvgIpc) is 3.39. The quantitative estimate of drug-likeness (QED) is 0.517. The first-order valence-electron chi connectivity index (χ1n) is 11.6. The van der Waals surface area contributed by atoms with Crippen LogP contribution in [0.4, 0.5) is 0 Å². The van der Waals surface area contributed by atoms with Crippen LogP contribution < -0.4 is 10.6 Å². The van der Waals surface area contributed by atoms with Gasteiger partial charge in [-0.05, 0) is 37.5 Å². The van der Waals surface area contributed by atoms with Crippen molar-refractivity contribution in [3.8, 4) is 0 Å². The molecule has 182 valence electrons. The van der Waals surface area contributed by atoms with Crippen LogP contribution in [0.15, 0.2) is 53.1 Å². The summed E-state index contributed by atoms with van der Waals surface area (Å²) in [4.78, 5) is 52.5. The molecule has 2 aromatic rings. The number of esters is 1. The third-order valence-corrected chi connectivity index (χ3v) is 5.70. The van der Waals surface area contributed by atoms with Crippen LogP contribution in [-0.2, 0) is 19.1 Å². The van der Waals surface area contributed by atoms with Gasteiger partial charge < -0.3 is 24.7 Å². The first-order valence-corrected chi connectivity index (χ1v) is 11.6. The molecular formula is C25H31N3O6. The molecule has 0 saturated heterocycles. The fourth-order valence-electron chi connectivity index (χ4n) is 4.06. The van der Waals surface area contributed by atoms with Gasteiger partial charge in [0.15, 0.2) is 5.76 Å². The van der Waals surface area contributed by atoms with E-state index in [1.807, 2.05) is 0 Å². The molecule has 1 unspecified atom stereocenters. The lowest BCUT2D eigenvalue weighted by molar-refractivity contribution is -0.152. The molecule has 0 bridgehead atoms. The molecule has 2 N–H and O–H groups in total. The van der Waals surface area contributed by atoms with Crippen LogP contribution in [-0.4, -0.2) is 54.3 Å². The number of nitrogens with zero attached hydrogens (tertiary/aromatic N) is 1. The lowest BCUT2D eigenvalue weighted by atomic mass is 9.94. The van der Waals surface area contributed by atoms with Crippen molar-refractivity contribution in [3.63, 3.8) is 0 Å². The molecule has 1 aliphatic carbocycles. The van der Waals surface area contributed by atoms with Gasteiger partial charge in [0, 0.05) is 6.04 Å². The fraction of sp³-hybridized carbons (Fsp3) is 0.440. The minimum Gasteiger partial charge on any atom is -0.465 e. The van der Waals surface area contributed by atoms with Crippen LogP contribution in [0.25, 0.3) is 0 Å². The summed E-state index contributed by atoms with van der Waals surface area (Å²) in [5, 5.41) is 5.55. The first-order chi connectivity index (χ1) is 16.5. The van der Waals surface area contributed by atoms with E-state index in [1.54, 1.807) is 43.3 Å². The number of rotatable bonds is 10. The Hall–Kier alpha value is -3.62. The molecule has 9 heteroatoms. The van der Waals surface area contributed by atoms with Gasteiger partial charge in [-0.3, -0.25) is 19.2 Å². The number of benzene rings is 1. The van der Waals surface area contributed by atoms with Gasteiger partial charge in [0.25, 0.3) is 5.91 Å². The topological polar surface area (TPSA) is 118 Å². The minimum absolute atomic E-state index is 0.0191. The molecule has 0 radical (unpaired) electrons. The summed E-state index contributed by atoms with van der Waals surface area (Å²) < 4.78 is 10.1. The van der Waals surface area contributed by atoms with E-state index in [1.165, 1.54) is 12.3 Å². The summed E-state index contributed by atoms with van der Waals surface area (Å²) in [5.41, 5.74) is 0.561. The highest BCUT2D eigenvalue weighted by atomic mass is 16.5. The van der Waals surface area contributed by atoms with Crippen molar-refractivity contribution in [3.05, 3.63) is 60.1 Å². The van der Waals surface area contributed by atoms with Crippen molar-refractivity contribution >= 4 is 23.7 Å². The highest BCUT2D eigenvalue weighted by Gasteiger charge is 2.34. The van der Waals surface area contributed by atoms with Crippen LogP contribution in [0.2, 0.25) is 0 Å². The molecule has 1 heterocycles. The Labute approximate surface area is 198 Å². The maximum absolute atomic E-state index is 13.5. The molecule has 1 aromatic heterocycles. The summed E-state index contributed by atoms with van der Waals surface area (Å²) in [5.74, 6) is -2.12. The smallest absolute Gasteiger partial charge is 0.325 e. The van der Waals surface area contributed by atoms with E-state index in [2.05, 4.69) is 10.6 Å². The van der Waals surface area contributed by atoms with Gasteiger partial charge >= 0.3 is 5.97 Å². The number of carbonyl (C=O) groups excluding carboxylic acids is 4. The van der Waals surface area contributed by atoms with Crippen LogP contribution >= 0.6 is 0 Å². The van der Waals surface area contributed by atoms with E-state index < -0.39 is 36.9 Å². The second-order valence-electron chi connectivity index (χ2n) is 8.14. The Kier molecular flexibility index (Phi) is 9.25. The first kappa shape index (κ1) is 25.0. The fourth-order valence-corrected chi connectivity index (χ4v) is 4.06. The van der Waals surface area contributed by atoms with E-state index >= 15 is 0 Å². The second-order valence-corrected chi connectivity index (χ2v) is 8.14. The number of hydrogen-bond acceptors (Lipinski definition) is 6. The van der Waals surface area contributed by atoms with E-state index in [0.29, 0.717) is 5.56 Å². The van der Waals surface area contributed by atoms with Gasteiger partial charge in [0.2, 0.25) is 11.8 Å². The molecule has 3 amide bonds. The van der Waals surface area contributed by atoms with Gasteiger partial charge in [0.05, 0.1) is 19.4 Å². The number of carbonyl (C=O) groups is 4. The van der Waals surface area contributed by atoms with Gasteiger partial charge in [-0.15, -0.1) is 0 Å². The molecule has 9 nitrogen and oxygen atoms in total. The van der Waals surface area contributed by atoms with Crippen molar-refractivity contribution < 1.29 is 28.3 Å². The predicted molar refractivity (Wildman–Crippen MR) is 124 cm³/mol.